The van der Waals surface area contributed by atoms with Gasteiger partial charge in [-0.3, -0.25) is 0 Å². The second-order valence-corrected chi connectivity index (χ2v) is 9.94. The first-order valence-corrected chi connectivity index (χ1v) is 11.8. The Morgan fingerprint density at radius 1 is 0.840 bits per heavy atom. The molecule has 0 aromatic heterocycles. The fourth-order valence-corrected chi connectivity index (χ4v) is 4.96. The Bertz CT molecular complexity index is 593. The fraction of sp³-hybridized carbons (Fsp3) is 0.333. The van der Waals surface area contributed by atoms with Gasteiger partial charge in [0.15, 0.2) is 5.01 Å². The Morgan fingerprint density at radius 2 is 1.32 bits per heavy atom. The summed E-state index contributed by atoms with van der Waals surface area (Å²) in [6, 6.07) is 11.1. The molecule has 25 heavy (non-hydrogen) atoms. The number of aromatic hydroxyl groups is 1. The van der Waals surface area contributed by atoms with Crippen LogP contribution in [0, 0.1) is 0 Å². The first-order chi connectivity index (χ1) is 11.8. The molecule has 7 heteroatoms. The van der Waals surface area contributed by atoms with Crippen LogP contribution in [-0.2, 0) is 0 Å². The summed E-state index contributed by atoms with van der Waals surface area (Å²) in [5.41, 5.74) is 0. The standard InChI is InChI=1S/C12H15Br3O.C6H4Br2O/c1-2-3-4-5-12(15)16-11-7-9(13)6-10(14)8-11;7-4-1-5(8)3-6(9)2-4/h6-8,12H,2-5H2,1H3;1-3,9H. The molecule has 138 valence electrons. The number of phenols is 1. The van der Waals surface area contributed by atoms with E-state index < -0.39 is 0 Å². The van der Waals surface area contributed by atoms with E-state index in [4.69, 9.17) is 9.84 Å². The highest BCUT2D eigenvalue weighted by atomic mass is 79.9. The Hall–Kier alpha value is 0.440. The van der Waals surface area contributed by atoms with Crippen molar-refractivity contribution in [3.63, 3.8) is 0 Å². The van der Waals surface area contributed by atoms with E-state index in [2.05, 4.69) is 86.6 Å². The maximum absolute atomic E-state index is 8.93. The predicted octanol–water partition coefficient (Wildman–Crippen LogP) is 8.81. The number of alkyl halides is 1. The zero-order valence-corrected chi connectivity index (χ0v) is 21.5. The Kier molecular flexibility index (Phi) is 12.0. The lowest BCUT2D eigenvalue weighted by Crippen LogP contribution is -2.07. The van der Waals surface area contributed by atoms with E-state index in [1.165, 1.54) is 19.3 Å². The van der Waals surface area contributed by atoms with Crippen molar-refractivity contribution in [2.75, 3.05) is 0 Å². The quantitative estimate of drug-likeness (QED) is 0.247. The van der Waals surface area contributed by atoms with Gasteiger partial charge in [0, 0.05) is 17.9 Å². The SMILES string of the molecule is CCCCCC(Br)Oc1cc(Br)cc(Br)c1.Oc1cc(Br)cc(Br)c1. The number of halogens is 5. The molecule has 0 fully saturated rings. The summed E-state index contributed by atoms with van der Waals surface area (Å²) in [7, 11) is 0. The lowest BCUT2D eigenvalue weighted by atomic mass is 10.2. The van der Waals surface area contributed by atoms with Crippen LogP contribution in [-0.4, -0.2) is 10.1 Å². The van der Waals surface area contributed by atoms with Crippen LogP contribution < -0.4 is 4.74 Å². The van der Waals surface area contributed by atoms with Crippen molar-refractivity contribution < 1.29 is 9.84 Å². The minimum absolute atomic E-state index is 0.0975. The average Bonchev–Trinajstić information content (AvgIpc) is 2.45. The third-order valence-electron chi connectivity index (χ3n) is 2.98. The van der Waals surface area contributed by atoms with Gasteiger partial charge >= 0.3 is 0 Å². The second kappa shape index (κ2) is 12.8. The van der Waals surface area contributed by atoms with Crippen molar-refractivity contribution in [3.8, 4) is 11.5 Å². The molecule has 0 saturated heterocycles. The molecule has 0 spiro atoms. The highest BCUT2D eigenvalue weighted by molar-refractivity contribution is 9.11. The van der Waals surface area contributed by atoms with Crippen molar-refractivity contribution in [1.29, 1.82) is 0 Å². The number of hydrogen-bond acceptors (Lipinski definition) is 2. The summed E-state index contributed by atoms with van der Waals surface area (Å²) < 4.78 is 9.56. The normalized spacial score (nSPS) is 11.4. The highest BCUT2D eigenvalue weighted by Crippen LogP contribution is 2.27. The van der Waals surface area contributed by atoms with Crippen molar-refractivity contribution in [2.45, 2.75) is 37.6 Å². The number of hydrogen-bond donors (Lipinski definition) is 1. The van der Waals surface area contributed by atoms with Gasteiger partial charge in [0.25, 0.3) is 0 Å². The molecular weight excluding hydrogens is 648 g/mol. The average molecular weight is 667 g/mol. The summed E-state index contributed by atoms with van der Waals surface area (Å²) >= 11 is 16.9. The minimum atomic E-state index is 0.0975. The Labute approximate surface area is 191 Å². The Morgan fingerprint density at radius 3 is 1.76 bits per heavy atom. The molecule has 0 aliphatic carbocycles. The van der Waals surface area contributed by atoms with Crippen LogP contribution in [0.25, 0.3) is 0 Å². The van der Waals surface area contributed by atoms with Crippen LogP contribution in [0.1, 0.15) is 32.6 Å². The fourth-order valence-electron chi connectivity index (χ4n) is 1.90. The van der Waals surface area contributed by atoms with Crippen molar-refractivity contribution in [3.05, 3.63) is 54.3 Å². The van der Waals surface area contributed by atoms with E-state index in [-0.39, 0.29) is 10.8 Å². The molecule has 0 saturated carbocycles. The first kappa shape index (κ1) is 23.5. The number of benzene rings is 2. The van der Waals surface area contributed by atoms with Gasteiger partial charge in [0.1, 0.15) is 11.5 Å². The largest absolute Gasteiger partial charge is 0.508 e. The molecule has 2 aromatic rings. The molecule has 0 heterocycles. The third-order valence-corrected chi connectivity index (χ3v) is 5.46. The maximum Gasteiger partial charge on any atom is 0.153 e. The molecular formula is C18H19Br5O2. The van der Waals surface area contributed by atoms with E-state index in [0.29, 0.717) is 0 Å². The maximum atomic E-state index is 8.93. The summed E-state index contributed by atoms with van der Waals surface area (Å²) in [5.74, 6) is 1.14. The third kappa shape index (κ3) is 11.0. The number of ether oxygens (including phenoxy) is 1. The number of phenolic OH excluding ortho intramolecular Hbond substituents is 1. The topological polar surface area (TPSA) is 29.5 Å². The van der Waals surface area contributed by atoms with Gasteiger partial charge in [0.05, 0.1) is 0 Å². The summed E-state index contributed by atoms with van der Waals surface area (Å²) in [6.45, 7) is 2.20. The summed E-state index contributed by atoms with van der Waals surface area (Å²) in [4.78, 5) is 0. The molecule has 2 rings (SSSR count). The van der Waals surface area contributed by atoms with Crippen molar-refractivity contribution in [2.24, 2.45) is 0 Å². The smallest absolute Gasteiger partial charge is 0.153 e. The van der Waals surface area contributed by atoms with E-state index in [1.807, 2.05) is 24.3 Å². The van der Waals surface area contributed by atoms with Gasteiger partial charge < -0.3 is 9.84 Å². The van der Waals surface area contributed by atoms with Gasteiger partial charge in [0.2, 0.25) is 0 Å². The molecule has 1 unspecified atom stereocenters. The molecule has 1 atom stereocenters. The van der Waals surface area contributed by atoms with Gasteiger partial charge in [-0.25, -0.2) is 0 Å². The second-order valence-electron chi connectivity index (χ2n) is 5.26. The van der Waals surface area contributed by atoms with Crippen LogP contribution in [0.3, 0.4) is 0 Å². The summed E-state index contributed by atoms with van der Waals surface area (Å²) in [5, 5.41) is 9.03. The van der Waals surface area contributed by atoms with E-state index in [1.54, 1.807) is 12.1 Å². The molecule has 0 aliphatic rings. The monoisotopic (exact) mass is 662 g/mol. The molecule has 0 bridgehead atoms. The van der Waals surface area contributed by atoms with Crippen LogP contribution in [0.4, 0.5) is 0 Å². The highest BCUT2D eigenvalue weighted by Gasteiger charge is 2.06. The molecule has 0 aliphatic heterocycles. The lowest BCUT2D eigenvalue weighted by molar-refractivity contribution is 0.278. The van der Waals surface area contributed by atoms with Crippen molar-refractivity contribution in [1.82, 2.24) is 0 Å². The van der Waals surface area contributed by atoms with Crippen LogP contribution >= 0.6 is 79.6 Å². The van der Waals surface area contributed by atoms with E-state index >= 15 is 0 Å². The van der Waals surface area contributed by atoms with Crippen LogP contribution in [0.15, 0.2) is 54.3 Å². The Balaban J connectivity index is 0.000000293. The van der Waals surface area contributed by atoms with Crippen molar-refractivity contribution >= 4 is 79.6 Å². The molecule has 0 amide bonds. The van der Waals surface area contributed by atoms with Crippen LogP contribution in [0.2, 0.25) is 0 Å². The first-order valence-electron chi connectivity index (χ1n) is 7.72. The molecule has 1 N–H and O–H groups in total. The molecule has 2 nitrogen and oxygen atoms in total. The predicted molar refractivity (Wildman–Crippen MR) is 123 cm³/mol. The number of rotatable bonds is 6. The minimum Gasteiger partial charge on any atom is -0.508 e. The van der Waals surface area contributed by atoms with Crippen LogP contribution in [0.5, 0.6) is 11.5 Å². The van der Waals surface area contributed by atoms with Gasteiger partial charge in [-0.15, -0.1) is 0 Å². The van der Waals surface area contributed by atoms with E-state index in [9.17, 15) is 0 Å². The van der Waals surface area contributed by atoms with Gasteiger partial charge in [-0.1, -0.05) is 83.5 Å². The lowest BCUT2D eigenvalue weighted by Gasteiger charge is -2.13. The van der Waals surface area contributed by atoms with Gasteiger partial charge in [-0.05, 0) is 65.2 Å². The zero-order chi connectivity index (χ0) is 18.8. The summed E-state index contributed by atoms with van der Waals surface area (Å²) in [6.07, 6.45) is 4.73. The molecule has 2 aromatic carbocycles. The zero-order valence-electron chi connectivity index (χ0n) is 13.6. The van der Waals surface area contributed by atoms with Gasteiger partial charge in [-0.2, -0.15) is 0 Å². The van der Waals surface area contributed by atoms with E-state index in [0.717, 1.165) is 30.1 Å². The molecule has 0 radical (unpaired) electrons. The number of unbranched alkanes of at least 4 members (excludes halogenated alkanes) is 2.